The van der Waals surface area contributed by atoms with Crippen molar-refractivity contribution in [2.75, 3.05) is 40.3 Å². The molecule has 3 heteroatoms. The van der Waals surface area contributed by atoms with E-state index in [-0.39, 0.29) is 0 Å². The molecule has 1 atom stereocenters. The molecule has 2 N–H and O–H groups in total. The van der Waals surface area contributed by atoms with Crippen LogP contribution in [0.4, 0.5) is 0 Å². The summed E-state index contributed by atoms with van der Waals surface area (Å²) >= 11 is 0. The van der Waals surface area contributed by atoms with Crippen molar-refractivity contribution in [1.82, 2.24) is 9.80 Å². The van der Waals surface area contributed by atoms with E-state index in [2.05, 4.69) is 55.9 Å². The summed E-state index contributed by atoms with van der Waals surface area (Å²) in [5.74, 6) is 0.841. The first-order chi connectivity index (χ1) is 10.0. The number of piperidine rings is 1. The van der Waals surface area contributed by atoms with Gasteiger partial charge in [0.25, 0.3) is 0 Å². The highest BCUT2D eigenvalue weighted by atomic mass is 15.2. The summed E-state index contributed by atoms with van der Waals surface area (Å²) < 4.78 is 0. The van der Waals surface area contributed by atoms with Gasteiger partial charge in [0.05, 0.1) is 0 Å². The van der Waals surface area contributed by atoms with E-state index in [1.165, 1.54) is 49.2 Å². The van der Waals surface area contributed by atoms with Crippen LogP contribution in [0, 0.1) is 19.8 Å². The average Bonchev–Trinajstić information content (AvgIpc) is 2.44. The molecule has 1 aromatic rings. The molecule has 0 radical (unpaired) electrons. The molecule has 21 heavy (non-hydrogen) atoms. The van der Waals surface area contributed by atoms with Gasteiger partial charge >= 0.3 is 0 Å². The maximum Gasteiger partial charge on any atom is 0.0473 e. The second kappa shape index (κ2) is 7.39. The lowest BCUT2D eigenvalue weighted by molar-refractivity contribution is 0.122. The monoisotopic (exact) mass is 289 g/mol. The number of nitrogens with two attached hydrogens (primary N) is 1. The first kappa shape index (κ1) is 16.5. The zero-order valence-corrected chi connectivity index (χ0v) is 14.1. The molecule has 1 saturated heterocycles. The van der Waals surface area contributed by atoms with Crippen LogP contribution in [0.15, 0.2) is 18.2 Å². The Kier molecular flexibility index (Phi) is 5.80. The highest BCUT2D eigenvalue weighted by Gasteiger charge is 2.26. The molecule has 1 heterocycles. The predicted molar refractivity (Wildman–Crippen MR) is 90.6 cm³/mol. The molecule has 0 saturated carbocycles. The molecule has 0 amide bonds. The van der Waals surface area contributed by atoms with Gasteiger partial charge in [0.2, 0.25) is 0 Å². The van der Waals surface area contributed by atoms with Crippen LogP contribution in [0.25, 0.3) is 0 Å². The van der Waals surface area contributed by atoms with Crippen molar-refractivity contribution in [2.24, 2.45) is 11.7 Å². The van der Waals surface area contributed by atoms with Crippen LogP contribution in [0.2, 0.25) is 0 Å². The van der Waals surface area contributed by atoms with Crippen LogP contribution in [0.5, 0.6) is 0 Å². The molecule has 1 aliphatic heterocycles. The van der Waals surface area contributed by atoms with Gasteiger partial charge in [0, 0.05) is 19.1 Å². The van der Waals surface area contributed by atoms with Gasteiger partial charge in [0.1, 0.15) is 0 Å². The summed E-state index contributed by atoms with van der Waals surface area (Å²) in [6, 6.07) is 7.12. The number of hydrogen-bond donors (Lipinski definition) is 1. The van der Waals surface area contributed by atoms with Gasteiger partial charge in [-0.2, -0.15) is 0 Å². The topological polar surface area (TPSA) is 32.5 Å². The van der Waals surface area contributed by atoms with Crippen LogP contribution < -0.4 is 5.73 Å². The molecular weight excluding hydrogens is 258 g/mol. The summed E-state index contributed by atoms with van der Waals surface area (Å²) in [6.07, 6.45) is 2.58. The van der Waals surface area contributed by atoms with E-state index in [0.29, 0.717) is 12.6 Å². The zero-order valence-electron chi connectivity index (χ0n) is 14.1. The fourth-order valence-corrected chi connectivity index (χ4v) is 3.56. The van der Waals surface area contributed by atoms with Crippen LogP contribution in [0.3, 0.4) is 0 Å². The minimum Gasteiger partial charge on any atom is -0.329 e. The molecular formula is C18H31N3. The van der Waals surface area contributed by atoms with Crippen molar-refractivity contribution in [2.45, 2.75) is 32.7 Å². The molecule has 3 nitrogen and oxygen atoms in total. The van der Waals surface area contributed by atoms with E-state index >= 15 is 0 Å². The van der Waals surface area contributed by atoms with Crippen LogP contribution in [-0.2, 0) is 0 Å². The average molecular weight is 289 g/mol. The van der Waals surface area contributed by atoms with Crippen molar-refractivity contribution in [3.05, 3.63) is 34.9 Å². The molecule has 0 aliphatic carbocycles. The minimum absolute atomic E-state index is 0.380. The lowest BCUT2D eigenvalue weighted by atomic mass is 9.92. The minimum atomic E-state index is 0.380. The van der Waals surface area contributed by atoms with Crippen LogP contribution in [-0.4, -0.2) is 50.1 Å². The van der Waals surface area contributed by atoms with Gasteiger partial charge in [-0.1, -0.05) is 23.8 Å². The van der Waals surface area contributed by atoms with Crippen molar-refractivity contribution in [1.29, 1.82) is 0 Å². The standard InChI is InChI=1S/C18H31N3/c1-14-5-6-15(2)17(11-14)18(12-19)21-9-7-16(8-10-21)13-20(3)4/h5-6,11,16,18H,7-10,12-13,19H2,1-4H3. The Morgan fingerprint density at radius 1 is 1.24 bits per heavy atom. The number of aryl methyl sites for hydroxylation is 2. The number of nitrogens with zero attached hydrogens (tertiary/aromatic N) is 2. The highest BCUT2D eigenvalue weighted by molar-refractivity contribution is 5.33. The highest BCUT2D eigenvalue weighted by Crippen LogP contribution is 2.28. The Labute approximate surface area is 130 Å². The molecule has 0 spiro atoms. The summed E-state index contributed by atoms with van der Waals surface area (Å²) in [5.41, 5.74) is 10.2. The van der Waals surface area contributed by atoms with Crippen molar-refractivity contribution < 1.29 is 0 Å². The summed E-state index contributed by atoms with van der Waals surface area (Å²) in [5, 5.41) is 0. The molecule has 0 aromatic heterocycles. The molecule has 1 unspecified atom stereocenters. The SMILES string of the molecule is Cc1ccc(C)c(C(CN)N2CCC(CN(C)C)CC2)c1. The Morgan fingerprint density at radius 2 is 1.90 bits per heavy atom. The van der Waals surface area contributed by atoms with Gasteiger partial charge in [-0.15, -0.1) is 0 Å². The summed E-state index contributed by atoms with van der Waals surface area (Å²) in [6.45, 7) is 8.64. The third-order valence-electron chi connectivity index (χ3n) is 4.73. The normalized spacial score (nSPS) is 19.1. The zero-order chi connectivity index (χ0) is 15.4. The van der Waals surface area contributed by atoms with Crippen molar-refractivity contribution in [3.8, 4) is 0 Å². The van der Waals surface area contributed by atoms with E-state index < -0.39 is 0 Å². The van der Waals surface area contributed by atoms with E-state index in [1.807, 2.05) is 0 Å². The van der Waals surface area contributed by atoms with Crippen molar-refractivity contribution >= 4 is 0 Å². The third kappa shape index (κ3) is 4.29. The lowest BCUT2D eigenvalue weighted by Gasteiger charge is -2.38. The number of rotatable bonds is 5. The first-order valence-electron chi connectivity index (χ1n) is 8.17. The molecule has 1 aliphatic rings. The van der Waals surface area contributed by atoms with E-state index in [4.69, 9.17) is 5.73 Å². The van der Waals surface area contributed by atoms with E-state index in [9.17, 15) is 0 Å². The fraction of sp³-hybridized carbons (Fsp3) is 0.667. The Bertz CT molecular complexity index is 448. The quantitative estimate of drug-likeness (QED) is 0.904. The number of hydrogen-bond acceptors (Lipinski definition) is 3. The van der Waals surface area contributed by atoms with Gasteiger partial charge in [0.15, 0.2) is 0 Å². The van der Waals surface area contributed by atoms with Gasteiger partial charge in [-0.25, -0.2) is 0 Å². The lowest BCUT2D eigenvalue weighted by Crippen LogP contribution is -2.41. The number of likely N-dealkylation sites (tertiary alicyclic amines) is 1. The van der Waals surface area contributed by atoms with Gasteiger partial charge in [-0.3, -0.25) is 4.90 Å². The van der Waals surface area contributed by atoms with E-state index in [1.54, 1.807) is 0 Å². The van der Waals surface area contributed by atoms with Crippen molar-refractivity contribution in [3.63, 3.8) is 0 Å². The van der Waals surface area contributed by atoms with Crippen LogP contribution in [0.1, 0.15) is 35.6 Å². The summed E-state index contributed by atoms with van der Waals surface area (Å²) in [7, 11) is 4.34. The Morgan fingerprint density at radius 3 is 2.48 bits per heavy atom. The number of benzene rings is 1. The largest absolute Gasteiger partial charge is 0.329 e. The molecule has 0 bridgehead atoms. The Balaban J connectivity index is 2.04. The maximum absolute atomic E-state index is 6.12. The first-order valence-corrected chi connectivity index (χ1v) is 8.17. The van der Waals surface area contributed by atoms with E-state index in [0.717, 1.165) is 5.92 Å². The fourth-order valence-electron chi connectivity index (χ4n) is 3.56. The molecule has 1 fully saturated rings. The van der Waals surface area contributed by atoms with Crippen LogP contribution >= 0.6 is 0 Å². The third-order valence-corrected chi connectivity index (χ3v) is 4.73. The summed E-state index contributed by atoms with van der Waals surface area (Å²) in [4.78, 5) is 4.90. The molecule has 1 aromatic carbocycles. The molecule has 118 valence electrons. The Hall–Kier alpha value is -0.900. The second-order valence-corrected chi connectivity index (χ2v) is 6.85. The molecule has 2 rings (SSSR count). The van der Waals surface area contributed by atoms with Gasteiger partial charge < -0.3 is 10.6 Å². The predicted octanol–water partition coefficient (Wildman–Crippen LogP) is 2.58. The maximum atomic E-state index is 6.12. The van der Waals surface area contributed by atoms with Gasteiger partial charge in [-0.05, 0) is 70.9 Å². The smallest absolute Gasteiger partial charge is 0.0473 e. The second-order valence-electron chi connectivity index (χ2n) is 6.85.